The molecule has 0 bridgehead atoms. The predicted molar refractivity (Wildman–Crippen MR) is 120 cm³/mol. The van der Waals surface area contributed by atoms with Gasteiger partial charge in [0.25, 0.3) is 0 Å². The molecule has 0 spiro atoms. The molecule has 2 aromatic heterocycles. The lowest BCUT2D eigenvalue weighted by molar-refractivity contribution is -0.0230. The van der Waals surface area contributed by atoms with Gasteiger partial charge in [0, 0.05) is 6.54 Å². The molecule has 1 aliphatic heterocycles. The molecule has 3 N–H and O–H groups in total. The monoisotopic (exact) mass is 451 g/mol. The van der Waals surface area contributed by atoms with Crippen molar-refractivity contribution in [3.05, 3.63) is 48.3 Å². The highest BCUT2D eigenvalue weighted by Crippen LogP contribution is 2.32. The second kappa shape index (κ2) is 9.43. The van der Waals surface area contributed by atoms with Crippen molar-refractivity contribution in [2.75, 3.05) is 11.9 Å². The molecule has 1 aliphatic carbocycles. The molecule has 0 amide bonds. The predicted octanol–water partition coefficient (Wildman–Crippen LogP) is 2.63. The third-order valence-corrected chi connectivity index (χ3v) is 6.38. The average molecular weight is 452 g/mol. The Balaban J connectivity index is 1.35. The van der Waals surface area contributed by atoms with Gasteiger partial charge in [0.2, 0.25) is 0 Å². The molecule has 2 aliphatic rings. The Kier molecular flexibility index (Phi) is 6.22. The Morgan fingerprint density at radius 3 is 2.73 bits per heavy atom. The maximum atomic E-state index is 13.8. The Morgan fingerprint density at radius 1 is 1.09 bits per heavy atom. The van der Waals surface area contributed by atoms with Crippen LogP contribution in [0.4, 0.5) is 10.2 Å². The molecule has 9 heteroatoms. The van der Waals surface area contributed by atoms with Gasteiger partial charge < -0.3 is 20.3 Å². The van der Waals surface area contributed by atoms with E-state index in [4.69, 9.17) is 4.74 Å². The van der Waals surface area contributed by atoms with Gasteiger partial charge in [-0.15, -0.1) is 0 Å². The van der Waals surface area contributed by atoms with Crippen molar-refractivity contribution in [1.82, 2.24) is 19.5 Å². The quantitative estimate of drug-likeness (QED) is 0.524. The van der Waals surface area contributed by atoms with E-state index in [1.54, 1.807) is 22.8 Å². The Hall–Kier alpha value is -3.06. The van der Waals surface area contributed by atoms with Gasteiger partial charge >= 0.3 is 0 Å². The highest BCUT2D eigenvalue weighted by atomic mass is 19.1. The van der Waals surface area contributed by atoms with E-state index >= 15 is 0 Å². The number of nitrogens with one attached hydrogen (secondary N) is 1. The molecule has 33 heavy (non-hydrogen) atoms. The van der Waals surface area contributed by atoms with Gasteiger partial charge in [0.05, 0.1) is 11.9 Å². The second-order valence-corrected chi connectivity index (χ2v) is 8.61. The van der Waals surface area contributed by atoms with E-state index in [9.17, 15) is 14.6 Å². The fourth-order valence-corrected chi connectivity index (χ4v) is 4.52. The number of benzene rings is 1. The molecule has 0 radical (unpaired) electrons. The maximum Gasteiger partial charge on any atom is 0.167 e. The topological polar surface area (TPSA) is 105 Å². The van der Waals surface area contributed by atoms with E-state index < -0.39 is 30.4 Å². The molecule has 1 aromatic carbocycles. The van der Waals surface area contributed by atoms with Gasteiger partial charge in [-0.3, -0.25) is 4.57 Å². The van der Waals surface area contributed by atoms with E-state index in [-0.39, 0.29) is 5.56 Å². The van der Waals surface area contributed by atoms with E-state index in [2.05, 4.69) is 32.1 Å². The van der Waals surface area contributed by atoms with Crippen LogP contribution in [0, 0.1) is 23.6 Å². The number of aromatic nitrogens is 4. The first-order valence-electron chi connectivity index (χ1n) is 11.3. The number of halogens is 1. The van der Waals surface area contributed by atoms with Crippen LogP contribution in [0.5, 0.6) is 0 Å². The molecule has 1 saturated carbocycles. The van der Waals surface area contributed by atoms with Gasteiger partial charge in [-0.25, -0.2) is 19.3 Å². The number of ether oxygens (including phenoxy) is 1. The molecule has 172 valence electrons. The number of imidazole rings is 1. The summed E-state index contributed by atoms with van der Waals surface area (Å²) in [5.41, 5.74) is 1.25. The van der Waals surface area contributed by atoms with Crippen LogP contribution in [0.1, 0.15) is 43.9 Å². The summed E-state index contributed by atoms with van der Waals surface area (Å²) in [6.07, 6.45) is 4.76. The van der Waals surface area contributed by atoms with Crippen molar-refractivity contribution in [2.24, 2.45) is 5.92 Å². The lowest BCUT2D eigenvalue weighted by Crippen LogP contribution is -2.31. The minimum atomic E-state index is -1.27. The Morgan fingerprint density at radius 2 is 1.91 bits per heavy atom. The molecule has 2 fully saturated rings. The molecule has 4 atom stereocenters. The fourth-order valence-electron chi connectivity index (χ4n) is 4.52. The zero-order valence-electron chi connectivity index (χ0n) is 18.1. The van der Waals surface area contributed by atoms with Crippen molar-refractivity contribution in [2.45, 2.75) is 56.6 Å². The maximum absolute atomic E-state index is 13.8. The SMILES string of the molecule is OC1C(n2cnc3c(NCC4CCCCC4)ncnc32)O[C@H](C#Cc2ccccc2F)[C@H]1O. The first-order chi connectivity index (χ1) is 16.1. The number of aliphatic hydroxyl groups is 2. The number of anilines is 1. The van der Waals surface area contributed by atoms with Crippen molar-refractivity contribution in [3.8, 4) is 11.8 Å². The van der Waals surface area contributed by atoms with Crippen molar-refractivity contribution in [1.29, 1.82) is 0 Å². The largest absolute Gasteiger partial charge is 0.386 e. The van der Waals surface area contributed by atoms with Crippen molar-refractivity contribution >= 4 is 17.0 Å². The standard InChI is InChI=1S/C24H26FN5O3/c25-17-9-5-4-8-16(17)10-11-18-20(31)21(32)24(33-18)30-14-29-19-22(27-13-28-23(19)30)26-12-15-6-2-1-3-7-15/h4-5,8-9,13-15,18,20-21,24,31-32H,1-3,6-7,12H2,(H,26,27,28)/t18-,20-,21?,24?/m1/s1. The summed E-state index contributed by atoms with van der Waals surface area (Å²) in [6, 6.07) is 6.10. The van der Waals surface area contributed by atoms with E-state index in [0.717, 1.165) is 6.54 Å². The second-order valence-electron chi connectivity index (χ2n) is 8.61. The highest BCUT2D eigenvalue weighted by Gasteiger charge is 2.43. The lowest BCUT2D eigenvalue weighted by atomic mass is 9.89. The Labute approximate surface area is 190 Å². The summed E-state index contributed by atoms with van der Waals surface area (Å²) in [5.74, 6) is 6.20. The fraction of sp³-hybridized carbons (Fsp3) is 0.458. The molecule has 8 nitrogen and oxygen atoms in total. The first kappa shape index (κ1) is 21.8. The zero-order chi connectivity index (χ0) is 22.8. The molecule has 1 saturated heterocycles. The number of rotatable bonds is 4. The molecular formula is C24H26FN5O3. The Bertz CT molecular complexity index is 1180. The molecule has 5 rings (SSSR count). The average Bonchev–Trinajstić information content (AvgIpc) is 3.39. The van der Waals surface area contributed by atoms with E-state index in [0.29, 0.717) is 22.9 Å². The van der Waals surface area contributed by atoms with Gasteiger partial charge in [-0.05, 0) is 30.9 Å². The number of hydrogen-bond donors (Lipinski definition) is 3. The summed E-state index contributed by atoms with van der Waals surface area (Å²) >= 11 is 0. The van der Waals surface area contributed by atoms with Crippen LogP contribution >= 0.6 is 0 Å². The minimum absolute atomic E-state index is 0.195. The van der Waals surface area contributed by atoms with Crippen molar-refractivity contribution in [3.63, 3.8) is 0 Å². The molecular weight excluding hydrogens is 425 g/mol. The van der Waals surface area contributed by atoms with Crippen LogP contribution in [-0.4, -0.2) is 54.6 Å². The first-order valence-corrected chi connectivity index (χ1v) is 11.3. The van der Waals surface area contributed by atoms with Crippen molar-refractivity contribution < 1.29 is 19.3 Å². The van der Waals surface area contributed by atoms with Crippen LogP contribution in [0.2, 0.25) is 0 Å². The molecule has 2 unspecified atom stereocenters. The molecule has 3 heterocycles. The number of fused-ring (bicyclic) bond motifs is 1. The third kappa shape index (κ3) is 4.42. The number of nitrogens with zero attached hydrogens (tertiary/aromatic N) is 4. The van der Waals surface area contributed by atoms with Gasteiger partial charge in [-0.1, -0.05) is 43.2 Å². The molecule has 3 aromatic rings. The summed E-state index contributed by atoms with van der Waals surface area (Å²) < 4.78 is 21.3. The normalized spacial score (nSPS) is 25.7. The van der Waals surface area contributed by atoms with Crippen LogP contribution in [0.3, 0.4) is 0 Å². The summed E-state index contributed by atoms with van der Waals surface area (Å²) in [6.45, 7) is 0.827. The van der Waals surface area contributed by atoms with Crippen LogP contribution in [0.25, 0.3) is 11.2 Å². The van der Waals surface area contributed by atoms with Crippen LogP contribution in [0.15, 0.2) is 36.9 Å². The smallest absolute Gasteiger partial charge is 0.167 e. The van der Waals surface area contributed by atoms with E-state index in [1.807, 2.05) is 0 Å². The zero-order valence-corrected chi connectivity index (χ0v) is 18.1. The van der Waals surface area contributed by atoms with Gasteiger partial charge in [0.1, 0.15) is 30.5 Å². The number of hydrogen-bond acceptors (Lipinski definition) is 7. The number of aliphatic hydroxyl groups excluding tert-OH is 2. The van der Waals surface area contributed by atoms with E-state index in [1.165, 1.54) is 50.8 Å². The third-order valence-electron chi connectivity index (χ3n) is 6.38. The van der Waals surface area contributed by atoms with Gasteiger partial charge in [0.15, 0.2) is 23.2 Å². The van der Waals surface area contributed by atoms with Gasteiger partial charge in [-0.2, -0.15) is 0 Å². The van der Waals surface area contributed by atoms with Crippen LogP contribution < -0.4 is 5.32 Å². The summed E-state index contributed by atoms with van der Waals surface area (Å²) in [5, 5.41) is 24.5. The summed E-state index contributed by atoms with van der Waals surface area (Å²) in [4.78, 5) is 13.1. The highest BCUT2D eigenvalue weighted by molar-refractivity contribution is 5.82. The van der Waals surface area contributed by atoms with Crippen LogP contribution in [-0.2, 0) is 4.74 Å². The summed E-state index contributed by atoms with van der Waals surface area (Å²) in [7, 11) is 0. The minimum Gasteiger partial charge on any atom is -0.386 e. The lowest BCUT2D eigenvalue weighted by Gasteiger charge is -2.22.